The number of halogens is 5. The summed E-state index contributed by atoms with van der Waals surface area (Å²) in [5.41, 5.74) is -0.615. The largest absolute Gasteiger partial charge is 0.435 e. The van der Waals surface area contributed by atoms with Gasteiger partial charge in [-0.05, 0) is 36.2 Å². The van der Waals surface area contributed by atoms with E-state index >= 15 is 0 Å². The van der Waals surface area contributed by atoms with E-state index in [1.165, 1.54) is 24.3 Å². The third-order valence-corrected chi connectivity index (χ3v) is 4.12. The Kier molecular flexibility index (Phi) is 4.84. The molecular formula is C18H14F5NO2. The molecule has 26 heavy (non-hydrogen) atoms. The van der Waals surface area contributed by atoms with E-state index in [1.807, 2.05) is 0 Å². The van der Waals surface area contributed by atoms with Crippen molar-refractivity contribution in [2.45, 2.75) is 31.2 Å². The summed E-state index contributed by atoms with van der Waals surface area (Å²) in [4.78, 5) is 12.2. The number of carbonyl (C=O) groups is 1. The summed E-state index contributed by atoms with van der Waals surface area (Å²) in [5.74, 6) is -0.843. The molecule has 1 aliphatic carbocycles. The lowest BCUT2D eigenvalue weighted by Crippen LogP contribution is -2.28. The van der Waals surface area contributed by atoms with Gasteiger partial charge in [-0.1, -0.05) is 24.3 Å². The minimum atomic E-state index is -4.61. The van der Waals surface area contributed by atoms with Crippen LogP contribution in [0.3, 0.4) is 0 Å². The van der Waals surface area contributed by atoms with E-state index in [4.69, 9.17) is 0 Å². The third kappa shape index (κ3) is 4.12. The SMILES string of the molecule is O=C(NC1CC1c1ccc(OC(F)F)cc1)c1ccccc1C(F)(F)F. The van der Waals surface area contributed by atoms with Gasteiger partial charge in [-0.2, -0.15) is 22.0 Å². The summed E-state index contributed by atoms with van der Waals surface area (Å²) in [6, 6.07) is 10.3. The minimum Gasteiger partial charge on any atom is -0.435 e. The first-order valence-electron chi connectivity index (χ1n) is 7.77. The topological polar surface area (TPSA) is 38.3 Å². The van der Waals surface area contributed by atoms with Crippen LogP contribution in [0.25, 0.3) is 0 Å². The Morgan fingerprint density at radius 1 is 1.08 bits per heavy atom. The molecule has 2 aromatic rings. The third-order valence-electron chi connectivity index (χ3n) is 4.12. The van der Waals surface area contributed by atoms with Crippen LogP contribution in [0.4, 0.5) is 22.0 Å². The van der Waals surface area contributed by atoms with Gasteiger partial charge in [0.1, 0.15) is 5.75 Å². The van der Waals surface area contributed by atoms with E-state index in [0.717, 1.165) is 17.7 Å². The summed E-state index contributed by atoms with van der Waals surface area (Å²) < 4.78 is 67.5. The molecule has 138 valence electrons. The molecule has 0 aliphatic heterocycles. The average molecular weight is 371 g/mol. The highest BCUT2D eigenvalue weighted by Crippen LogP contribution is 2.41. The van der Waals surface area contributed by atoms with Crippen molar-refractivity contribution in [3.63, 3.8) is 0 Å². The second-order valence-corrected chi connectivity index (χ2v) is 5.91. The zero-order chi connectivity index (χ0) is 18.9. The Morgan fingerprint density at radius 3 is 2.35 bits per heavy atom. The Bertz CT molecular complexity index is 789. The molecule has 0 aromatic heterocycles. The number of rotatable bonds is 5. The molecule has 0 spiro atoms. The molecule has 2 unspecified atom stereocenters. The molecule has 0 saturated heterocycles. The van der Waals surface area contributed by atoms with Gasteiger partial charge in [-0.25, -0.2) is 0 Å². The smallest absolute Gasteiger partial charge is 0.417 e. The number of hydrogen-bond acceptors (Lipinski definition) is 2. The van der Waals surface area contributed by atoms with Crippen LogP contribution in [-0.2, 0) is 6.18 Å². The molecule has 8 heteroatoms. The Morgan fingerprint density at radius 2 is 1.73 bits per heavy atom. The predicted molar refractivity (Wildman–Crippen MR) is 83.1 cm³/mol. The highest BCUT2D eigenvalue weighted by atomic mass is 19.4. The number of carbonyl (C=O) groups excluding carboxylic acids is 1. The Balaban J connectivity index is 1.65. The maximum atomic E-state index is 13.0. The van der Waals surface area contributed by atoms with E-state index in [9.17, 15) is 26.7 Å². The van der Waals surface area contributed by atoms with Gasteiger partial charge < -0.3 is 10.1 Å². The molecule has 2 aromatic carbocycles. The van der Waals surface area contributed by atoms with E-state index < -0.39 is 29.8 Å². The first-order chi connectivity index (χ1) is 12.3. The molecule has 1 amide bonds. The summed E-state index contributed by atoms with van der Waals surface area (Å²) in [6.45, 7) is -2.91. The van der Waals surface area contributed by atoms with Crippen molar-refractivity contribution < 1.29 is 31.5 Å². The normalized spacial score (nSPS) is 19.3. The highest BCUT2D eigenvalue weighted by molar-refractivity contribution is 5.96. The lowest BCUT2D eigenvalue weighted by molar-refractivity contribution is -0.137. The maximum absolute atomic E-state index is 13.0. The first kappa shape index (κ1) is 18.2. The Hall–Kier alpha value is -2.64. The summed E-state index contributed by atoms with van der Waals surface area (Å²) >= 11 is 0. The fraction of sp³-hybridized carbons (Fsp3) is 0.278. The quantitative estimate of drug-likeness (QED) is 0.781. The number of hydrogen-bond donors (Lipinski definition) is 1. The van der Waals surface area contributed by atoms with Crippen molar-refractivity contribution in [1.82, 2.24) is 5.32 Å². The lowest BCUT2D eigenvalue weighted by atomic mass is 10.1. The van der Waals surface area contributed by atoms with E-state index in [-0.39, 0.29) is 17.7 Å². The van der Waals surface area contributed by atoms with Crippen LogP contribution in [0.2, 0.25) is 0 Å². The Labute approximate surface area is 145 Å². The minimum absolute atomic E-state index is 0.0177. The lowest BCUT2D eigenvalue weighted by Gasteiger charge is -2.12. The number of amides is 1. The molecule has 1 aliphatic rings. The van der Waals surface area contributed by atoms with Crippen molar-refractivity contribution in [3.05, 3.63) is 65.2 Å². The molecule has 1 saturated carbocycles. The van der Waals surface area contributed by atoms with Crippen LogP contribution >= 0.6 is 0 Å². The fourth-order valence-corrected chi connectivity index (χ4v) is 2.79. The van der Waals surface area contributed by atoms with Gasteiger partial charge in [0.15, 0.2) is 0 Å². The molecular weight excluding hydrogens is 357 g/mol. The van der Waals surface area contributed by atoms with Gasteiger partial charge in [0.2, 0.25) is 0 Å². The van der Waals surface area contributed by atoms with Gasteiger partial charge in [0.25, 0.3) is 5.91 Å². The zero-order valence-electron chi connectivity index (χ0n) is 13.3. The highest BCUT2D eigenvalue weighted by Gasteiger charge is 2.41. The average Bonchev–Trinajstić information content (AvgIpc) is 3.33. The number of benzene rings is 2. The summed E-state index contributed by atoms with van der Waals surface area (Å²) in [5, 5.41) is 2.59. The summed E-state index contributed by atoms with van der Waals surface area (Å²) in [7, 11) is 0. The van der Waals surface area contributed by atoms with Crippen LogP contribution in [0.5, 0.6) is 5.75 Å². The van der Waals surface area contributed by atoms with Crippen molar-refractivity contribution >= 4 is 5.91 Å². The van der Waals surface area contributed by atoms with E-state index in [1.54, 1.807) is 12.1 Å². The van der Waals surface area contributed by atoms with Gasteiger partial charge in [0, 0.05) is 12.0 Å². The number of nitrogens with one attached hydrogen (secondary N) is 1. The van der Waals surface area contributed by atoms with E-state index in [0.29, 0.717) is 6.42 Å². The van der Waals surface area contributed by atoms with Gasteiger partial charge in [-0.15, -0.1) is 0 Å². The van der Waals surface area contributed by atoms with Crippen molar-refractivity contribution in [2.24, 2.45) is 0 Å². The number of alkyl halides is 5. The first-order valence-corrected chi connectivity index (χ1v) is 7.77. The molecule has 3 nitrogen and oxygen atoms in total. The van der Waals surface area contributed by atoms with E-state index in [2.05, 4.69) is 10.1 Å². The molecule has 0 heterocycles. The van der Waals surface area contributed by atoms with Crippen LogP contribution in [-0.4, -0.2) is 18.6 Å². The molecule has 0 radical (unpaired) electrons. The number of ether oxygens (including phenoxy) is 1. The van der Waals surface area contributed by atoms with Crippen LogP contribution in [0, 0.1) is 0 Å². The van der Waals surface area contributed by atoms with Crippen LogP contribution in [0.1, 0.15) is 33.8 Å². The van der Waals surface area contributed by atoms with Gasteiger partial charge in [0.05, 0.1) is 11.1 Å². The van der Waals surface area contributed by atoms with Gasteiger partial charge >= 0.3 is 12.8 Å². The molecule has 2 atom stereocenters. The fourth-order valence-electron chi connectivity index (χ4n) is 2.79. The second-order valence-electron chi connectivity index (χ2n) is 5.91. The predicted octanol–water partition coefficient (Wildman–Crippen LogP) is 4.59. The molecule has 1 N–H and O–H groups in total. The van der Waals surface area contributed by atoms with Crippen molar-refractivity contribution in [2.75, 3.05) is 0 Å². The van der Waals surface area contributed by atoms with Crippen molar-refractivity contribution in [1.29, 1.82) is 0 Å². The zero-order valence-corrected chi connectivity index (χ0v) is 13.3. The van der Waals surface area contributed by atoms with Crippen LogP contribution in [0.15, 0.2) is 48.5 Å². The summed E-state index contributed by atoms with van der Waals surface area (Å²) in [6.07, 6.45) is -4.05. The second kappa shape index (κ2) is 6.93. The monoisotopic (exact) mass is 371 g/mol. The molecule has 0 bridgehead atoms. The molecule has 3 rings (SSSR count). The van der Waals surface area contributed by atoms with Gasteiger partial charge in [-0.3, -0.25) is 4.79 Å². The van der Waals surface area contributed by atoms with Crippen molar-refractivity contribution in [3.8, 4) is 5.75 Å². The standard InChI is InChI=1S/C18H14F5NO2/c19-17(20)26-11-7-5-10(6-8-11)13-9-15(13)24-16(25)12-3-1-2-4-14(12)18(21,22)23/h1-8,13,15,17H,9H2,(H,24,25). The van der Waals surface area contributed by atoms with Crippen LogP contribution < -0.4 is 10.1 Å². The molecule has 1 fully saturated rings. The maximum Gasteiger partial charge on any atom is 0.417 e.